The summed E-state index contributed by atoms with van der Waals surface area (Å²) in [5, 5.41) is 17.1. The Labute approximate surface area is 129 Å². The molecule has 0 saturated carbocycles. The molecule has 0 aliphatic rings. The Bertz CT molecular complexity index is 801. The van der Waals surface area contributed by atoms with Crippen LogP contribution in [0.4, 0.5) is 0 Å². The summed E-state index contributed by atoms with van der Waals surface area (Å²) in [6.45, 7) is 0.976. The van der Waals surface area contributed by atoms with Crippen molar-refractivity contribution in [3.63, 3.8) is 0 Å². The molecule has 0 saturated heterocycles. The molecule has 0 unspecified atom stereocenters. The molecular formula is C14H13N5O2S. The van der Waals surface area contributed by atoms with Gasteiger partial charge in [-0.25, -0.2) is 5.10 Å². The summed E-state index contributed by atoms with van der Waals surface area (Å²) in [5.74, 6) is -0.332. The molecule has 0 aliphatic heterocycles. The molecule has 0 aromatic carbocycles. The summed E-state index contributed by atoms with van der Waals surface area (Å²) in [5.41, 5.74) is 1.84. The van der Waals surface area contributed by atoms with Gasteiger partial charge >= 0.3 is 0 Å². The van der Waals surface area contributed by atoms with Crippen LogP contribution in [0.5, 0.6) is 0 Å². The average molecular weight is 315 g/mol. The third-order valence-electron chi connectivity index (χ3n) is 3.00. The van der Waals surface area contributed by atoms with Crippen molar-refractivity contribution in [2.45, 2.75) is 6.54 Å². The number of amides is 1. The summed E-state index contributed by atoms with van der Waals surface area (Å²) < 4.78 is 1.77. The smallest absolute Gasteiger partial charge is 0.271 e. The lowest BCUT2D eigenvalue weighted by Crippen LogP contribution is -2.29. The minimum absolute atomic E-state index is 0.180. The number of aromatic nitrogens is 4. The molecule has 0 spiro atoms. The summed E-state index contributed by atoms with van der Waals surface area (Å²) >= 11 is 1.63. The molecule has 3 aromatic rings. The van der Waals surface area contributed by atoms with Gasteiger partial charge < -0.3 is 5.32 Å². The Kier molecular flexibility index (Phi) is 4.10. The van der Waals surface area contributed by atoms with Crippen molar-refractivity contribution in [2.75, 3.05) is 6.54 Å². The van der Waals surface area contributed by atoms with Crippen LogP contribution < -0.4 is 10.9 Å². The van der Waals surface area contributed by atoms with Crippen molar-refractivity contribution >= 4 is 17.2 Å². The van der Waals surface area contributed by atoms with Crippen LogP contribution in [-0.2, 0) is 6.54 Å². The molecule has 22 heavy (non-hydrogen) atoms. The van der Waals surface area contributed by atoms with E-state index in [1.165, 1.54) is 12.1 Å². The standard InChI is InChI=1S/C14H13N5O2S/c20-13-2-1-12(16-17-13)14(21)15-5-7-19-6-3-11(18-19)10-4-8-22-9-10/h1-4,6,8-9H,5,7H2,(H,15,21)(H,17,20). The number of nitrogens with one attached hydrogen (secondary N) is 2. The van der Waals surface area contributed by atoms with Crippen molar-refractivity contribution in [2.24, 2.45) is 0 Å². The van der Waals surface area contributed by atoms with Crippen molar-refractivity contribution in [3.05, 3.63) is 57.3 Å². The van der Waals surface area contributed by atoms with Gasteiger partial charge in [0, 0.05) is 29.8 Å². The zero-order chi connectivity index (χ0) is 15.4. The molecule has 0 radical (unpaired) electrons. The highest BCUT2D eigenvalue weighted by atomic mass is 32.1. The number of aromatic amines is 1. The summed E-state index contributed by atoms with van der Waals surface area (Å²) in [7, 11) is 0. The molecule has 7 nitrogen and oxygen atoms in total. The van der Waals surface area contributed by atoms with Crippen molar-refractivity contribution in [1.29, 1.82) is 0 Å². The molecule has 112 valence electrons. The zero-order valence-electron chi connectivity index (χ0n) is 11.5. The van der Waals surface area contributed by atoms with E-state index in [1.54, 1.807) is 16.0 Å². The van der Waals surface area contributed by atoms with Gasteiger partial charge in [-0.3, -0.25) is 14.3 Å². The molecule has 2 N–H and O–H groups in total. The Morgan fingerprint density at radius 1 is 1.32 bits per heavy atom. The van der Waals surface area contributed by atoms with Gasteiger partial charge in [-0.15, -0.1) is 0 Å². The fourth-order valence-corrected chi connectivity index (χ4v) is 2.55. The molecular weight excluding hydrogens is 302 g/mol. The first kappa shape index (κ1) is 14.2. The number of H-pyrrole nitrogens is 1. The molecule has 8 heteroatoms. The molecule has 0 fully saturated rings. The number of nitrogens with zero attached hydrogens (tertiary/aromatic N) is 3. The van der Waals surface area contributed by atoms with Gasteiger partial charge in [-0.2, -0.15) is 21.5 Å². The van der Waals surface area contributed by atoms with E-state index in [0.29, 0.717) is 13.1 Å². The lowest BCUT2D eigenvalue weighted by atomic mass is 10.2. The van der Waals surface area contributed by atoms with E-state index in [9.17, 15) is 9.59 Å². The fourth-order valence-electron chi connectivity index (χ4n) is 1.90. The van der Waals surface area contributed by atoms with Gasteiger partial charge in [0.05, 0.1) is 12.2 Å². The van der Waals surface area contributed by atoms with Crippen LogP contribution in [0.2, 0.25) is 0 Å². The molecule has 1 amide bonds. The number of rotatable bonds is 5. The molecule has 0 atom stereocenters. The van der Waals surface area contributed by atoms with Crippen molar-refractivity contribution < 1.29 is 4.79 Å². The van der Waals surface area contributed by atoms with E-state index in [4.69, 9.17) is 0 Å². The van der Waals surface area contributed by atoms with E-state index in [1.807, 2.05) is 29.1 Å². The monoisotopic (exact) mass is 315 g/mol. The highest BCUT2D eigenvalue weighted by Gasteiger charge is 2.07. The van der Waals surface area contributed by atoms with E-state index in [2.05, 4.69) is 20.6 Å². The maximum absolute atomic E-state index is 11.8. The van der Waals surface area contributed by atoms with Crippen LogP contribution >= 0.6 is 11.3 Å². The van der Waals surface area contributed by atoms with E-state index in [0.717, 1.165) is 11.3 Å². The first-order valence-corrected chi connectivity index (χ1v) is 7.56. The predicted molar refractivity (Wildman–Crippen MR) is 82.7 cm³/mol. The Balaban J connectivity index is 1.54. The average Bonchev–Trinajstić information content (AvgIpc) is 3.19. The van der Waals surface area contributed by atoms with E-state index in [-0.39, 0.29) is 17.2 Å². The normalized spacial score (nSPS) is 10.5. The lowest BCUT2D eigenvalue weighted by Gasteiger charge is -2.04. The second kappa shape index (κ2) is 6.35. The van der Waals surface area contributed by atoms with Gasteiger partial charge in [-0.1, -0.05) is 0 Å². The molecule has 3 heterocycles. The SMILES string of the molecule is O=C(NCCn1ccc(-c2ccsc2)n1)c1ccc(=O)[nH]n1. The van der Waals surface area contributed by atoms with Gasteiger partial charge in [0.15, 0.2) is 0 Å². The van der Waals surface area contributed by atoms with E-state index >= 15 is 0 Å². The van der Waals surface area contributed by atoms with Crippen molar-refractivity contribution in [3.8, 4) is 11.3 Å². The van der Waals surface area contributed by atoms with Gasteiger partial charge in [-0.05, 0) is 23.6 Å². The first-order chi connectivity index (χ1) is 10.7. The van der Waals surface area contributed by atoms with Crippen LogP contribution in [0.1, 0.15) is 10.5 Å². The third kappa shape index (κ3) is 3.29. The molecule has 3 rings (SSSR count). The number of carbonyl (C=O) groups excluding carboxylic acids is 1. The largest absolute Gasteiger partial charge is 0.349 e. The fraction of sp³-hybridized carbons (Fsp3) is 0.143. The topological polar surface area (TPSA) is 92.7 Å². The van der Waals surface area contributed by atoms with Crippen LogP contribution in [0.15, 0.2) is 46.0 Å². The minimum atomic E-state index is -0.339. The first-order valence-electron chi connectivity index (χ1n) is 6.62. The zero-order valence-corrected chi connectivity index (χ0v) is 12.3. The van der Waals surface area contributed by atoms with Crippen LogP contribution in [0.3, 0.4) is 0 Å². The Morgan fingerprint density at radius 3 is 2.95 bits per heavy atom. The number of carbonyl (C=O) groups is 1. The van der Waals surface area contributed by atoms with Gasteiger partial charge in [0.1, 0.15) is 5.69 Å². The molecule has 3 aromatic heterocycles. The van der Waals surface area contributed by atoms with Crippen LogP contribution in [0.25, 0.3) is 11.3 Å². The maximum Gasteiger partial charge on any atom is 0.271 e. The molecule has 0 aliphatic carbocycles. The quantitative estimate of drug-likeness (QED) is 0.738. The summed E-state index contributed by atoms with van der Waals surface area (Å²) in [6.07, 6.45) is 1.87. The Morgan fingerprint density at radius 2 is 2.23 bits per heavy atom. The van der Waals surface area contributed by atoms with Crippen molar-refractivity contribution in [1.82, 2.24) is 25.3 Å². The predicted octanol–water partition coefficient (Wildman–Crippen LogP) is 1.12. The number of hydrogen-bond donors (Lipinski definition) is 2. The second-order valence-electron chi connectivity index (χ2n) is 4.54. The molecule has 0 bridgehead atoms. The third-order valence-corrected chi connectivity index (χ3v) is 3.68. The second-order valence-corrected chi connectivity index (χ2v) is 5.32. The van der Waals surface area contributed by atoms with E-state index < -0.39 is 0 Å². The Hall–Kier alpha value is -2.74. The summed E-state index contributed by atoms with van der Waals surface area (Å²) in [6, 6.07) is 6.60. The highest BCUT2D eigenvalue weighted by Crippen LogP contribution is 2.19. The minimum Gasteiger partial charge on any atom is -0.349 e. The number of thiophene rings is 1. The maximum atomic E-state index is 11.8. The van der Waals surface area contributed by atoms with Crippen LogP contribution in [-0.4, -0.2) is 32.4 Å². The summed E-state index contributed by atoms with van der Waals surface area (Å²) in [4.78, 5) is 22.7. The van der Waals surface area contributed by atoms with Gasteiger partial charge in [0.25, 0.3) is 11.5 Å². The van der Waals surface area contributed by atoms with Gasteiger partial charge in [0.2, 0.25) is 0 Å². The number of hydrogen-bond acceptors (Lipinski definition) is 5. The van der Waals surface area contributed by atoms with Crippen LogP contribution in [0, 0.1) is 0 Å². The highest BCUT2D eigenvalue weighted by molar-refractivity contribution is 7.08. The lowest BCUT2D eigenvalue weighted by molar-refractivity contribution is 0.0946.